The van der Waals surface area contributed by atoms with E-state index in [4.69, 9.17) is 18.9 Å². The van der Waals surface area contributed by atoms with Gasteiger partial charge in [-0.2, -0.15) is 8.62 Å². The van der Waals surface area contributed by atoms with E-state index in [0.29, 0.717) is 33.4 Å². The molecule has 2 aromatic heterocycles. The summed E-state index contributed by atoms with van der Waals surface area (Å²) in [5.41, 5.74) is 2.99. The number of hydrogen-bond donors (Lipinski definition) is 9. The second-order valence-electron chi connectivity index (χ2n) is 15.2. The number of phosphoric ester groups is 1. The van der Waals surface area contributed by atoms with Crippen molar-refractivity contribution in [2.45, 2.75) is 37.8 Å². The summed E-state index contributed by atoms with van der Waals surface area (Å²) in [6.07, 6.45) is -0.918. The number of aromatic carboxylic acids is 1. The van der Waals surface area contributed by atoms with Crippen LogP contribution in [0, 0.1) is 11.8 Å². The lowest BCUT2D eigenvalue weighted by molar-refractivity contribution is -0.0423. The molecule has 27 heteroatoms. The molecule has 4 heterocycles. The van der Waals surface area contributed by atoms with E-state index in [1.165, 1.54) is 65.8 Å². The smallest absolute Gasteiger partial charge is 0.490 e. The van der Waals surface area contributed by atoms with E-state index in [1.54, 1.807) is 18.2 Å². The summed E-state index contributed by atoms with van der Waals surface area (Å²) in [5, 5.41) is 37.3. The number of aromatic hydroxyl groups is 1. The van der Waals surface area contributed by atoms with Crippen LogP contribution in [0.25, 0.3) is 44.6 Å². The van der Waals surface area contributed by atoms with Crippen molar-refractivity contribution >= 4 is 63.3 Å². The highest BCUT2D eigenvalue weighted by molar-refractivity contribution is 7.66. The Morgan fingerprint density at radius 3 is 2.43 bits per heavy atom. The number of fused-ring (bicyclic) bond motifs is 3. The summed E-state index contributed by atoms with van der Waals surface area (Å²) in [6.45, 7) is 0.965. The maximum absolute atomic E-state index is 13.4. The van der Waals surface area contributed by atoms with Crippen LogP contribution in [-0.2, 0) is 31.6 Å². The van der Waals surface area contributed by atoms with Gasteiger partial charge in [-0.25, -0.2) is 33.4 Å². The normalized spacial score (nSPS) is 18.3. The first-order chi connectivity index (χ1) is 32.6. The standard InChI is InChI=1S/C42H37N6O18P3/c1-22(47-39-38-40(45-20-44-39)48(21-46-38)36-18-32(51)35(64-36)19-62-68(58,59)66-69(60,61)65-67(55,56)57)24-6-4-23(5-7-24)3-2-14-43-41(52)25-8-11-28(42(53)54)31(15-25)37-29-12-9-26(49)16-33(29)63-34-17-27(50)10-13-30(34)37/h4-13,15-17,20-22,32,35-36,49,51H,14,18-19H2,1H3,(H,43,52)(H,53,54)(H,58,59)(H,60,61)(H,44,45,47)(H2,55,56,57)/t22?,32-,35+,36+/m0/s1. The van der Waals surface area contributed by atoms with Crippen LogP contribution in [-0.4, -0.2) is 91.6 Å². The molecule has 8 rings (SSSR count). The summed E-state index contributed by atoms with van der Waals surface area (Å²) in [5.74, 6) is 4.53. The Morgan fingerprint density at radius 1 is 0.928 bits per heavy atom. The topological polar surface area (TPSA) is 362 Å². The number of rotatable bonds is 15. The van der Waals surface area contributed by atoms with E-state index in [-0.39, 0.29) is 63.9 Å². The highest BCUT2D eigenvalue weighted by Crippen LogP contribution is 2.66. The van der Waals surface area contributed by atoms with E-state index >= 15 is 0 Å². The van der Waals surface area contributed by atoms with Gasteiger partial charge >= 0.3 is 29.4 Å². The number of carbonyl (C=O) groups excluding carboxylic acids is 1. The fourth-order valence-corrected chi connectivity index (χ4v) is 10.4. The van der Waals surface area contributed by atoms with Gasteiger partial charge in [0.15, 0.2) is 22.4 Å². The molecule has 0 saturated carbocycles. The minimum Gasteiger partial charge on any atom is -0.508 e. The summed E-state index contributed by atoms with van der Waals surface area (Å²) < 4.78 is 59.9. The van der Waals surface area contributed by atoms with Gasteiger partial charge in [-0.15, -0.1) is 0 Å². The predicted molar refractivity (Wildman–Crippen MR) is 241 cm³/mol. The average Bonchev–Trinajstić information content (AvgIpc) is 3.88. The zero-order valence-corrected chi connectivity index (χ0v) is 38.0. The molecular weight excluding hydrogens is 969 g/mol. The number of nitrogens with zero attached hydrogens (tertiary/aromatic N) is 4. The number of anilines is 1. The number of phenols is 1. The van der Waals surface area contributed by atoms with Crippen molar-refractivity contribution in [3.63, 3.8) is 0 Å². The third-order valence-corrected chi connectivity index (χ3v) is 14.3. The molecule has 3 unspecified atom stereocenters. The first-order valence-electron chi connectivity index (χ1n) is 20.1. The molecule has 6 atom stereocenters. The van der Waals surface area contributed by atoms with Gasteiger partial charge < -0.3 is 54.7 Å². The highest BCUT2D eigenvalue weighted by Gasteiger charge is 2.43. The molecule has 0 radical (unpaired) electrons. The fraction of sp³-hybridized carbons (Fsp3) is 0.190. The Labute approximate surface area is 388 Å². The van der Waals surface area contributed by atoms with Crippen molar-refractivity contribution in [1.82, 2.24) is 24.8 Å². The maximum Gasteiger partial charge on any atom is 0.490 e. The van der Waals surface area contributed by atoms with Crippen molar-refractivity contribution in [2.24, 2.45) is 0 Å². The first kappa shape index (κ1) is 48.8. The van der Waals surface area contributed by atoms with Gasteiger partial charge in [-0.3, -0.25) is 18.7 Å². The number of hydrogen-bond acceptors (Lipinski definition) is 17. The van der Waals surface area contributed by atoms with Crippen LogP contribution < -0.4 is 16.1 Å². The van der Waals surface area contributed by atoms with Gasteiger partial charge in [0.2, 0.25) is 0 Å². The van der Waals surface area contributed by atoms with E-state index in [0.717, 1.165) is 5.56 Å². The van der Waals surface area contributed by atoms with E-state index in [9.17, 15) is 53.2 Å². The molecule has 5 aromatic rings. The lowest BCUT2D eigenvalue weighted by atomic mass is 9.89. The number of aliphatic hydroxyl groups excluding tert-OH is 1. The Balaban J connectivity index is 0.893. The van der Waals surface area contributed by atoms with E-state index in [2.05, 4.69) is 50.6 Å². The fourth-order valence-electron chi connectivity index (χ4n) is 7.42. The number of phosphoric acid groups is 3. The van der Waals surface area contributed by atoms with Crippen LogP contribution in [0.15, 0.2) is 101 Å². The predicted octanol–water partition coefficient (Wildman–Crippen LogP) is 5.05. The van der Waals surface area contributed by atoms with Gasteiger partial charge in [0.05, 0.1) is 37.2 Å². The Hall–Kier alpha value is -6.67. The first-order valence-corrected chi connectivity index (χ1v) is 24.7. The largest absolute Gasteiger partial charge is 0.508 e. The number of carboxylic acids is 1. The molecule has 3 aliphatic rings. The summed E-state index contributed by atoms with van der Waals surface area (Å²) >= 11 is 0. The molecular formula is C42H37N6O18P3. The molecule has 69 heavy (non-hydrogen) atoms. The molecule has 0 bridgehead atoms. The second kappa shape index (κ2) is 19.4. The molecule has 24 nitrogen and oxygen atoms in total. The summed E-state index contributed by atoms with van der Waals surface area (Å²) in [7, 11) is -16.8. The van der Waals surface area contributed by atoms with Gasteiger partial charge in [-0.1, -0.05) is 24.0 Å². The third kappa shape index (κ3) is 11.3. The van der Waals surface area contributed by atoms with Crippen LogP contribution in [0.3, 0.4) is 0 Å². The number of benzene rings is 4. The van der Waals surface area contributed by atoms with Crippen LogP contribution in [0.2, 0.25) is 0 Å². The minimum atomic E-state index is -5.74. The lowest BCUT2D eigenvalue weighted by Gasteiger charge is -2.19. The maximum atomic E-state index is 13.4. The Bertz CT molecular complexity index is 3390. The molecule has 1 saturated heterocycles. The third-order valence-electron chi connectivity index (χ3n) is 10.5. The second-order valence-corrected chi connectivity index (χ2v) is 19.6. The zero-order chi connectivity index (χ0) is 49.4. The monoisotopic (exact) mass is 1010 g/mol. The summed E-state index contributed by atoms with van der Waals surface area (Å²) in [6, 6.07) is 19.5. The van der Waals surface area contributed by atoms with Crippen molar-refractivity contribution < 1.29 is 80.5 Å². The zero-order valence-electron chi connectivity index (χ0n) is 35.3. The number of aliphatic hydroxyl groups is 1. The van der Waals surface area contributed by atoms with Gasteiger partial charge in [-0.05, 0) is 72.6 Å². The molecule has 1 aliphatic carbocycles. The molecule has 0 spiro atoms. The number of nitrogens with one attached hydrogen (secondary N) is 2. The number of imidazole rings is 1. The van der Waals surface area contributed by atoms with Crippen LogP contribution in [0.4, 0.5) is 5.82 Å². The van der Waals surface area contributed by atoms with Crippen molar-refractivity contribution in [3.8, 4) is 40.0 Å². The molecule has 1 fully saturated rings. The van der Waals surface area contributed by atoms with E-state index in [1.807, 2.05) is 19.1 Å². The summed E-state index contributed by atoms with van der Waals surface area (Å²) in [4.78, 5) is 87.6. The van der Waals surface area contributed by atoms with E-state index < -0.39 is 60.4 Å². The Morgan fingerprint density at radius 2 is 1.70 bits per heavy atom. The van der Waals surface area contributed by atoms with Gasteiger partial charge in [0.1, 0.15) is 35.8 Å². The van der Waals surface area contributed by atoms with Crippen molar-refractivity contribution in [2.75, 3.05) is 18.5 Å². The van der Waals surface area contributed by atoms with Crippen molar-refractivity contribution in [3.05, 3.63) is 124 Å². The number of ether oxygens (including phenoxy) is 1. The Kier molecular flexibility index (Phi) is 13.7. The number of phenolic OH excluding ortho intramolecular Hbond substituents is 1. The van der Waals surface area contributed by atoms with Crippen LogP contribution >= 0.6 is 23.5 Å². The number of amides is 1. The number of carbonyl (C=O) groups is 2. The lowest BCUT2D eigenvalue weighted by Crippen LogP contribution is -2.26. The van der Waals surface area contributed by atoms with Crippen LogP contribution in [0.1, 0.15) is 57.5 Å². The van der Waals surface area contributed by atoms with Gasteiger partial charge in [0, 0.05) is 46.2 Å². The molecule has 1 amide bonds. The molecule has 358 valence electrons. The highest BCUT2D eigenvalue weighted by atomic mass is 31.3. The van der Waals surface area contributed by atoms with Gasteiger partial charge in [0.25, 0.3) is 5.91 Å². The molecule has 3 aromatic carbocycles. The average molecular weight is 1010 g/mol. The molecule has 2 aliphatic heterocycles. The quantitative estimate of drug-likeness (QED) is 0.0368. The van der Waals surface area contributed by atoms with Crippen molar-refractivity contribution in [1.29, 1.82) is 0 Å². The van der Waals surface area contributed by atoms with Crippen LogP contribution in [0.5, 0.6) is 5.75 Å². The minimum absolute atomic E-state index is 0.0555. The molecule has 9 N–H and O–H groups in total. The number of aromatic nitrogens is 4. The SMILES string of the molecule is CC(Nc1ncnc2c1ncn2[C@H]1C[C@H](O)[C@@H](COP(=O)(O)OP(=O)(O)OP(=O)(O)O)O1)c1ccc(C#CCNC(=O)c2ccc(C(=O)O)c(-c3c4ccc(=O)cc-4oc4cc(O)ccc34)c2)cc1. The number of carboxylic acid groups (broad SMARTS) is 1.